The Balaban J connectivity index is 0.971. The van der Waals surface area contributed by atoms with Crippen LogP contribution in [0.4, 0.5) is 0 Å². The van der Waals surface area contributed by atoms with Crippen molar-refractivity contribution >= 4 is 77.4 Å². The minimum atomic E-state index is -0.302. The van der Waals surface area contributed by atoms with Crippen LogP contribution in [0.1, 0.15) is 22.9 Å². The summed E-state index contributed by atoms with van der Waals surface area (Å²) >= 11 is 0. The molecule has 1 aliphatic heterocycles. The standard InChI is InChI=1S/C51H32N4O2/c1-3-13-31(14-4-1)49-52-50(32-15-5-2-6-16-32)54-51(53-49)41-21-11-20-39-38-27-25-33(29-45(38)57-48(39)41)35-19-12-24-44-47(35)40-28-26-34(30-46(40)56-44)55-42-22-9-7-17-36(42)37-18-8-10-23-43(37)55/h1-30,49H,(H,52,53,54). The van der Waals surface area contributed by atoms with Crippen molar-refractivity contribution in [3.8, 4) is 16.8 Å². The van der Waals surface area contributed by atoms with E-state index in [9.17, 15) is 0 Å². The fourth-order valence-corrected chi connectivity index (χ4v) is 8.66. The molecule has 1 unspecified atom stereocenters. The third-order valence-corrected chi connectivity index (χ3v) is 11.3. The van der Waals surface area contributed by atoms with Gasteiger partial charge in [0.2, 0.25) is 0 Å². The third kappa shape index (κ3) is 4.97. The molecule has 12 rings (SSSR count). The van der Waals surface area contributed by atoms with Crippen LogP contribution in [0, 0.1) is 0 Å². The Morgan fingerprint density at radius 2 is 1.14 bits per heavy atom. The van der Waals surface area contributed by atoms with Gasteiger partial charge in [0.05, 0.1) is 16.6 Å². The molecule has 1 aliphatic rings. The molecule has 0 spiro atoms. The molecule has 6 heteroatoms. The van der Waals surface area contributed by atoms with Crippen molar-refractivity contribution in [2.45, 2.75) is 6.17 Å². The van der Waals surface area contributed by atoms with Gasteiger partial charge in [-0.05, 0) is 65.2 Å². The van der Waals surface area contributed by atoms with Crippen molar-refractivity contribution in [3.63, 3.8) is 0 Å². The van der Waals surface area contributed by atoms with Crippen molar-refractivity contribution < 1.29 is 8.83 Å². The molecular formula is C51H32N4O2. The molecule has 11 aromatic rings. The van der Waals surface area contributed by atoms with Gasteiger partial charge in [-0.25, -0.2) is 9.98 Å². The molecular weight excluding hydrogens is 701 g/mol. The van der Waals surface area contributed by atoms with Crippen LogP contribution in [-0.2, 0) is 0 Å². The highest BCUT2D eigenvalue weighted by Crippen LogP contribution is 2.41. The molecule has 3 aromatic heterocycles. The van der Waals surface area contributed by atoms with Crippen molar-refractivity contribution in [2.24, 2.45) is 9.98 Å². The van der Waals surface area contributed by atoms with Crippen LogP contribution in [0.2, 0.25) is 0 Å². The van der Waals surface area contributed by atoms with Crippen LogP contribution in [0.3, 0.4) is 0 Å². The average molecular weight is 733 g/mol. The lowest BCUT2D eigenvalue weighted by molar-refractivity contribution is 0.659. The van der Waals surface area contributed by atoms with Crippen LogP contribution in [-0.4, -0.2) is 16.2 Å². The topological polar surface area (TPSA) is 68.0 Å². The Kier molecular flexibility index (Phi) is 6.89. The maximum atomic E-state index is 6.80. The Hall–Kier alpha value is -7.70. The van der Waals surface area contributed by atoms with Gasteiger partial charge in [-0.2, -0.15) is 0 Å². The zero-order valence-electron chi connectivity index (χ0n) is 30.6. The van der Waals surface area contributed by atoms with Gasteiger partial charge < -0.3 is 18.7 Å². The summed E-state index contributed by atoms with van der Waals surface area (Å²) in [5.74, 6) is 1.40. The Morgan fingerprint density at radius 3 is 1.95 bits per heavy atom. The number of aromatic nitrogens is 1. The third-order valence-electron chi connectivity index (χ3n) is 11.3. The van der Waals surface area contributed by atoms with Crippen LogP contribution < -0.4 is 5.32 Å². The molecule has 6 nitrogen and oxygen atoms in total. The first kappa shape index (κ1) is 31.6. The summed E-state index contributed by atoms with van der Waals surface area (Å²) in [5, 5.41) is 10.3. The van der Waals surface area contributed by atoms with Gasteiger partial charge in [0.1, 0.15) is 34.3 Å². The predicted octanol–water partition coefficient (Wildman–Crippen LogP) is 12.7. The first-order valence-corrected chi connectivity index (χ1v) is 19.2. The van der Waals surface area contributed by atoms with Crippen LogP contribution in [0.5, 0.6) is 0 Å². The van der Waals surface area contributed by atoms with Gasteiger partial charge in [-0.1, -0.05) is 127 Å². The summed E-state index contributed by atoms with van der Waals surface area (Å²) < 4.78 is 15.7. The average Bonchev–Trinajstić information content (AvgIpc) is 3.96. The summed E-state index contributed by atoms with van der Waals surface area (Å²) in [6.07, 6.45) is -0.302. The second-order valence-corrected chi connectivity index (χ2v) is 14.6. The largest absolute Gasteiger partial charge is 0.456 e. The summed E-state index contributed by atoms with van der Waals surface area (Å²) in [4.78, 5) is 10.1. The molecule has 268 valence electrons. The number of hydrogen-bond acceptors (Lipinski definition) is 5. The van der Waals surface area contributed by atoms with E-state index < -0.39 is 0 Å². The molecule has 0 radical (unpaired) electrons. The number of hydrogen-bond donors (Lipinski definition) is 1. The van der Waals surface area contributed by atoms with Gasteiger partial charge in [-0.3, -0.25) is 0 Å². The lowest BCUT2D eigenvalue weighted by Crippen LogP contribution is -2.33. The Morgan fingerprint density at radius 1 is 0.474 bits per heavy atom. The lowest BCUT2D eigenvalue weighted by atomic mass is 9.98. The molecule has 0 fully saturated rings. The molecule has 0 bridgehead atoms. The molecule has 4 heterocycles. The molecule has 0 saturated heterocycles. The van der Waals surface area contributed by atoms with Crippen LogP contribution in [0.15, 0.2) is 201 Å². The van der Waals surface area contributed by atoms with E-state index in [0.29, 0.717) is 5.84 Å². The van der Waals surface area contributed by atoms with E-state index >= 15 is 0 Å². The number of furan rings is 2. The summed E-state index contributed by atoms with van der Waals surface area (Å²) in [6.45, 7) is 0. The first-order valence-electron chi connectivity index (χ1n) is 19.2. The van der Waals surface area contributed by atoms with E-state index in [1.807, 2.05) is 48.5 Å². The molecule has 1 atom stereocenters. The number of amidine groups is 2. The van der Waals surface area contributed by atoms with E-state index in [2.05, 4.69) is 143 Å². The SMILES string of the molecule is c1ccc(C2=NC(c3ccccc3)NC(c3cccc4c3oc3cc(-c5cccc6oc7cc(-n8c9ccccc9c9ccccc98)ccc7c56)ccc34)=N2)cc1. The minimum absolute atomic E-state index is 0.302. The summed E-state index contributed by atoms with van der Waals surface area (Å²) in [5.41, 5.74) is 11.7. The summed E-state index contributed by atoms with van der Waals surface area (Å²) in [7, 11) is 0. The van der Waals surface area contributed by atoms with Crippen LogP contribution >= 0.6 is 0 Å². The number of para-hydroxylation sites is 3. The van der Waals surface area contributed by atoms with Crippen molar-refractivity contribution in [1.82, 2.24) is 9.88 Å². The predicted molar refractivity (Wildman–Crippen MR) is 233 cm³/mol. The monoisotopic (exact) mass is 732 g/mol. The molecule has 0 aliphatic carbocycles. The van der Waals surface area contributed by atoms with Gasteiger partial charge >= 0.3 is 0 Å². The quantitative estimate of drug-likeness (QED) is 0.192. The Labute approximate surface area is 326 Å². The molecule has 0 saturated carbocycles. The van der Waals surface area contributed by atoms with Gasteiger partial charge in [0.15, 0.2) is 5.84 Å². The number of rotatable bonds is 5. The molecule has 1 N–H and O–H groups in total. The van der Waals surface area contributed by atoms with E-state index in [-0.39, 0.29) is 6.17 Å². The highest BCUT2D eigenvalue weighted by molar-refractivity contribution is 6.20. The number of benzene rings is 8. The maximum Gasteiger partial charge on any atom is 0.159 e. The van der Waals surface area contributed by atoms with E-state index in [4.69, 9.17) is 18.8 Å². The highest BCUT2D eigenvalue weighted by Gasteiger charge is 2.24. The van der Waals surface area contributed by atoms with E-state index in [1.54, 1.807) is 0 Å². The fourth-order valence-electron chi connectivity index (χ4n) is 8.66. The van der Waals surface area contributed by atoms with Crippen molar-refractivity contribution in [1.29, 1.82) is 0 Å². The Bertz CT molecular complexity index is 3390. The number of nitrogens with one attached hydrogen (secondary N) is 1. The molecule has 0 amide bonds. The van der Waals surface area contributed by atoms with Crippen LogP contribution in [0.25, 0.3) is 82.5 Å². The normalized spacial score (nSPS) is 14.5. The molecule has 57 heavy (non-hydrogen) atoms. The second-order valence-electron chi connectivity index (χ2n) is 14.6. The molecule has 8 aromatic carbocycles. The zero-order valence-corrected chi connectivity index (χ0v) is 30.6. The van der Waals surface area contributed by atoms with E-state index in [0.717, 1.165) is 83.2 Å². The highest BCUT2D eigenvalue weighted by atomic mass is 16.3. The van der Waals surface area contributed by atoms with Gasteiger partial charge in [-0.15, -0.1) is 0 Å². The minimum Gasteiger partial charge on any atom is -0.456 e. The number of aliphatic imine (C=N–C) groups is 2. The number of fused-ring (bicyclic) bond motifs is 9. The zero-order chi connectivity index (χ0) is 37.5. The first-order chi connectivity index (χ1) is 28.2. The smallest absolute Gasteiger partial charge is 0.159 e. The van der Waals surface area contributed by atoms with Crippen molar-refractivity contribution in [2.75, 3.05) is 0 Å². The fraction of sp³-hybridized carbons (Fsp3) is 0.0196. The van der Waals surface area contributed by atoms with Crippen molar-refractivity contribution in [3.05, 3.63) is 199 Å². The van der Waals surface area contributed by atoms with Gasteiger partial charge in [0.25, 0.3) is 0 Å². The second kappa shape index (κ2) is 12.4. The van der Waals surface area contributed by atoms with E-state index in [1.165, 1.54) is 21.8 Å². The maximum absolute atomic E-state index is 6.80. The summed E-state index contributed by atoms with van der Waals surface area (Å²) in [6, 6.07) is 63.2. The lowest BCUT2D eigenvalue weighted by Gasteiger charge is -2.23. The van der Waals surface area contributed by atoms with Gasteiger partial charge in [0, 0.05) is 49.6 Å². The number of nitrogens with zero attached hydrogens (tertiary/aromatic N) is 3.